The second kappa shape index (κ2) is 5.78. The van der Waals surface area contributed by atoms with Crippen LogP contribution in [0.2, 0.25) is 0 Å². The number of nitro benzene ring substituents is 1. The predicted octanol–water partition coefficient (Wildman–Crippen LogP) is 0.997. The van der Waals surface area contributed by atoms with Gasteiger partial charge in [0.05, 0.1) is 17.7 Å². The number of aromatic carboxylic acids is 1. The Kier molecular flexibility index (Phi) is 3.89. The van der Waals surface area contributed by atoms with E-state index in [9.17, 15) is 14.9 Å². The van der Waals surface area contributed by atoms with Crippen LogP contribution < -0.4 is 5.32 Å². The molecule has 2 aromatic rings. The highest BCUT2D eigenvalue weighted by Gasteiger charge is 2.19. The molecule has 0 saturated heterocycles. The molecular formula is C11H11N5O4. The second-order valence-corrected chi connectivity index (χ2v) is 3.89. The fourth-order valence-corrected chi connectivity index (χ4v) is 1.64. The van der Waals surface area contributed by atoms with Crippen molar-refractivity contribution in [2.45, 2.75) is 6.54 Å². The van der Waals surface area contributed by atoms with E-state index in [0.29, 0.717) is 18.8 Å². The van der Waals surface area contributed by atoms with Gasteiger partial charge in [-0.3, -0.25) is 14.8 Å². The summed E-state index contributed by atoms with van der Waals surface area (Å²) < 4.78 is 1.61. The Hall–Kier alpha value is -2.97. The first-order valence-electron chi connectivity index (χ1n) is 5.67. The summed E-state index contributed by atoms with van der Waals surface area (Å²) in [5, 5.41) is 30.1. The SMILES string of the molecule is O=C(O)c1cc(NCCn2ccnn2)ccc1[N+](=O)[O-]. The molecule has 0 radical (unpaired) electrons. The van der Waals surface area contributed by atoms with Gasteiger partial charge in [-0.15, -0.1) is 5.10 Å². The molecular weight excluding hydrogens is 266 g/mol. The summed E-state index contributed by atoms with van der Waals surface area (Å²) in [4.78, 5) is 21.0. The largest absolute Gasteiger partial charge is 0.477 e. The number of anilines is 1. The molecule has 0 aliphatic rings. The fraction of sp³-hybridized carbons (Fsp3) is 0.182. The highest BCUT2D eigenvalue weighted by molar-refractivity contribution is 5.93. The zero-order valence-electron chi connectivity index (χ0n) is 10.3. The van der Waals surface area contributed by atoms with Crippen LogP contribution in [0.4, 0.5) is 11.4 Å². The van der Waals surface area contributed by atoms with E-state index in [1.807, 2.05) is 0 Å². The first-order valence-corrected chi connectivity index (χ1v) is 5.67. The molecule has 1 heterocycles. The summed E-state index contributed by atoms with van der Waals surface area (Å²) in [5.74, 6) is -1.34. The maximum Gasteiger partial charge on any atom is 0.342 e. The van der Waals surface area contributed by atoms with Crippen molar-refractivity contribution in [2.24, 2.45) is 0 Å². The Morgan fingerprint density at radius 2 is 2.30 bits per heavy atom. The second-order valence-electron chi connectivity index (χ2n) is 3.89. The Balaban J connectivity index is 2.07. The van der Waals surface area contributed by atoms with Crippen molar-refractivity contribution in [3.05, 3.63) is 46.3 Å². The van der Waals surface area contributed by atoms with Crippen LogP contribution in [0.25, 0.3) is 0 Å². The number of nitro groups is 1. The average molecular weight is 277 g/mol. The lowest BCUT2D eigenvalue weighted by atomic mass is 10.1. The van der Waals surface area contributed by atoms with Crippen molar-refractivity contribution in [1.29, 1.82) is 0 Å². The lowest BCUT2D eigenvalue weighted by Gasteiger charge is -2.07. The molecule has 1 aromatic heterocycles. The van der Waals surface area contributed by atoms with Gasteiger partial charge in [0.15, 0.2) is 0 Å². The summed E-state index contributed by atoms with van der Waals surface area (Å²) in [6.07, 6.45) is 3.24. The number of carboxylic acids is 1. The minimum absolute atomic E-state index is 0.347. The molecule has 0 saturated carbocycles. The molecule has 0 aliphatic heterocycles. The number of aromatic nitrogens is 3. The lowest BCUT2D eigenvalue weighted by molar-refractivity contribution is -0.385. The van der Waals surface area contributed by atoms with E-state index in [4.69, 9.17) is 5.11 Å². The quantitative estimate of drug-likeness (QED) is 0.596. The van der Waals surface area contributed by atoms with E-state index in [1.54, 1.807) is 17.1 Å². The van der Waals surface area contributed by atoms with Gasteiger partial charge >= 0.3 is 5.97 Å². The molecule has 0 fully saturated rings. The summed E-state index contributed by atoms with van der Waals surface area (Å²) in [7, 11) is 0. The number of nitrogens with zero attached hydrogens (tertiary/aromatic N) is 4. The molecule has 0 spiro atoms. The molecule has 0 aliphatic carbocycles. The predicted molar refractivity (Wildman–Crippen MR) is 68.6 cm³/mol. The van der Waals surface area contributed by atoms with Crippen LogP contribution in [0.1, 0.15) is 10.4 Å². The number of rotatable bonds is 6. The lowest BCUT2D eigenvalue weighted by Crippen LogP contribution is -2.12. The molecule has 104 valence electrons. The zero-order valence-corrected chi connectivity index (χ0v) is 10.3. The van der Waals surface area contributed by atoms with Crippen molar-refractivity contribution in [3.8, 4) is 0 Å². The molecule has 0 amide bonds. The van der Waals surface area contributed by atoms with E-state index in [0.717, 1.165) is 0 Å². The Bertz CT molecular complexity index is 626. The Morgan fingerprint density at radius 1 is 1.50 bits per heavy atom. The summed E-state index contributed by atoms with van der Waals surface area (Å²) in [5.41, 5.74) is -0.284. The number of carboxylic acid groups (broad SMARTS) is 1. The van der Waals surface area contributed by atoms with Gasteiger partial charge in [0.2, 0.25) is 0 Å². The topological polar surface area (TPSA) is 123 Å². The number of benzene rings is 1. The van der Waals surface area contributed by atoms with E-state index < -0.39 is 16.6 Å². The van der Waals surface area contributed by atoms with Gasteiger partial charge in [-0.05, 0) is 12.1 Å². The Labute approximate surface area is 113 Å². The van der Waals surface area contributed by atoms with Crippen molar-refractivity contribution >= 4 is 17.3 Å². The van der Waals surface area contributed by atoms with E-state index in [2.05, 4.69) is 15.6 Å². The van der Waals surface area contributed by atoms with Gasteiger partial charge in [0.25, 0.3) is 5.69 Å². The minimum atomic E-state index is -1.34. The van der Waals surface area contributed by atoms with Crippen molar-refractivity contribution in [3.63, 3.8) is 0 Å². The molecule has 0 unspecified atom stereocenters. The van der Waals surface area contributed by atoms with Crippen molar-refractivity contribution in [2.75, 3.05) is 11.9 Å². The zero-order chi connectivity index (χ0) is 14.5. The van der Waals surface area contributed by atoms with Crippen LogP contribution in [0.15, 0.2) is 30.6 Å². The fourth-order valence-electron chi connectivity index (χ4n) is 1.64. The average Bonchev–Trinajstić information content (AvgIpc) is 2.91. The third kappa shape index (κ3) is 3.07. The van der Waals surface area contributed by atoms with Gasteiger partial charge < -0.3 is 10.4 Å². The molecule has 20 heavy (non-hydrogen) atoms. The molecule has 1 aromatic carbocycles. The van der Waals surface area contributed by atoms with Crippen LogP contribution in [-0.4, -0.2) is 37.5 Å². The molecule has 2 rings (SSSR count). The van der Waals surface area contributed by atoms with Gasteiger partial charge in [0, 0.05) is 24.5 Å². The number of hydrogen-bond donors (Lipinski definition) is 2. The normalized spacial score (nSPS) is 10.2. The molecule has 2 N–H and O–H groups in total. The number of carbonyl (C=O) groups is 1. The van der Waals surface area contributed by atoms with E-state index in [-0.39, 0.29) is 5.56 Å². The van der Waals surface area contributed by atoms with Crippen LogP contribution in [-0.2, 0) is 6.54 Å². The molecule has 0 bridgehead atoms. The smallest absolute Gasteiger partial charge is 0.342 e. The summed E-state index contributed by atoms with van der Waals surface area (Å²) in [6.45, 7) is 1.03. The van der Waals surface area contributed by atoms with Crippen LogP contribution >= 0.6 is 0 Å². The van der Waals surface area contributed by atoms with Crippen molar-refractivity contribution < 1.29 is 14.8 Å². The Morgan fingerprint density at radius 3 is 2.90 bits per heavy atom. The molecule has 9 nitrogen and oxygen atoms in total. The minimum Gasteiger partial charge on any atom is -0.477 e. The highest BCUT2D eigenvalue weighted by atomic mass is 16.6. The van der Waals surface area contributed by atoms with Gasteiger partial charge in [-0.2, -0.15) is 0 Å². The highest BCUT2D eigenvalue weighted by Crippen LogP contribution is 2.22. The van der Waals surface area contributed by atoms with Crippen LogP contribution in [0, 0.1) is 10.1 Å². The first-order chi connectivity index (χ1) is 9.58. The standard InChI is InChI=1S/C11H11N5O4/c17-11(18)9-7-8(1-2-10(9)16(19)20)12-3-5-15-6-4-13-14-15/h1-2,4,6-7,12H,3,5H2,(H,17,18). The maximum absolute atomic E-state index is 11.0. The number of nitrogens with one attached hydrogen (secondary N) is 1. The summed E-state index contributed by atoms with van der Waals surface area (Å²) in [6, 6.07) is 3.87. The van der Waals surface area contributed by atoms with Crippen molar-refractivity contribution in [1.82, 2.24) is 15.0 Å². The van der Waals surface area contributed by atoms with E-state index in [1.165, 1.54) is 18.2 Å². The van der Waals surface area contributed by atoms with Gasteiger partial charge in [-0.25, -0.2) is 4.79 Å². The van der Waals surface area contributed by atoms with Crippen LogP contribution in [0.3, 0.4) is 0 Å². The monoisotopic (exact) mass is 277 g/mol. The molecule has 0 atom stereocenters. The number of hydrogen-bond acceptors (Lipinski definition) is 6. The maximum atomic E-state index is 11.0. The summed E-state index contributed by atoms with van der Waals surface area (Å²) >= 11 is 0. The third-order valence-electron chi connectivity index (χ3n) is 2.57. The molecule has 9 heteroatoms. The third-order valence-corrected chi connectivity index (χ3v) is 2.57. The van der Waals surface area contributed by atoms with Gasteiger partial charge in [-0.1, -0.05) is 5.21 Å². The van der Waals surface area contributed by atoms with Crippen LogP contribution in [0.5, 0.6) is 0 Å². The van der Waals surface area contributed by atoms with E-state index >= 15 is 0 Å². The van der Waals surface area contributed by atoms with Gasteiger partial charge in [0.1, 0.15) is 5.56 Å². The first kappa shape index (κ1) is 13.5.